The maximum atomic E-state index is 2.78. The summed E-state index contributed by atoms with van der Waals surface area (Å²) in [5.41, 5.74) is 8.72. The fourth-order valence-electron chi connectivity index (χ4n) is 7.25. The van der Waals surface area contributed by atoms with Crippen LogP contribution in [0.2, 0.25) is 0 Å². The largest absolute Gasteiger partial charge is 0.0654 e. The van der Waals surface area contributed by atoms with E-state index in [9.17, 15) is 0 Å². The molecular formula is C43H71. The topological polar surface area (TPSA) is 0 Å². The second-order valence-electron chi connectivity index (χ2n) is 14.3. The Balaban J connectivity index is 1.79. The fraction of sp³-hybridized carbons (Fsp3) is 0.698. The van der Waals surface area contributed by atoms with Crippen LogP contribution in [0, 0.1) is 40.0 Å². The molecule has 0 nitrogen and oxygen atoms in total. The quantitative estimate of drug-likeness (QED) is 0.0960. The van der Waals surface area contributed by atoms with Crippen molar-refractivity contribution in [3.63, 3.8) is 0 Å². The lowest BCUT2D eigenvalue weighted by Gasteiger charge is -2.25. The lowest BCUT2D eigenvalue weighted by molar-refractivity contribution is 0.460. The number of benzene rings is 2. The van der Waals surface area contributed by atoms with E-state index in [1.807, 2.05) is 0 Å². The van der Waals surface area contributed by atoms with Gasteiger partial charge in [-0.25, -0.2) is 0 Å². The molecule has 0 N–H and O–H groups in total. The van der Waals surface area contributed by atoms with E-state index >= 15 is 0 Å². The normalized spacial score (nSPS) is 13.0. The van der Waals surface area contributed by atoms with Gasteiger partial charge >= 0.3 is 0 Å². The van der Waals surface area contributed by atoms with Gasteiger partial charge in [-0.05, 0) is 76.3 Å². The maximum Gasteiger partial charge on any atom is -0.0128 e. The van der Waals surface area contributed by atoms with Crippen molar-refractivity contribution in [1.82, 2.24) is 0 Å². The molecule has 2 rings (SSSR count). The molecule has 0 amide bonds. The first-order valence-electron chi connectivity index (χ1n) is 18.9. The van der Waals surface area contributed by atoms with E-state index in [0.29, 0.717) is 11.8 Å². The minimum atomic E-state index is 0.572. The minimum Gasteiger partial charge on any atom is -0.0654 e. The number of hydrogen-bond donors (Lipinski definition) is 0. The Morgan fingerprint density at radius 3 is 1.28 bits per heavy atom. The molecule has 0 aliphatic rings. The van der Waals surface area contributed by atoms with E-state index in [1.165, 1.54) is 169 Å². The van der Waals surface area contributed by atoms with Crippen molar-refractivity contribution in [2.75, 3.05) is 0 Å². The lowest BCUT2D eigenvalue weighted by Crippen LogP contribution is -2.13. The first-order valence-corrected chi connectivity index (χ1v) is 18.9. The van der Waals surface area contributed by atoms with Crippen molar-refractivity contribution in [3.8, 4) is 0 Å². The number of hydrogen-bond acceptors (Lipinski definition) is 0. The Kier molecular flexibility index (Phi) is 20.8. The van der Waals surface area contributed by atoms with E-state index in [-0.39, 0.29) is 0 Å². The second kappa shape index (κ2) is 23.8. The average Bonchev–Trinajstić information content (AvgIpc) is 2.95. The summed E-state index contributed by atoms with van der Waals surface area (Å²) in [4.78, 5) is 0. The fourth-order valence-corrected chi connectivity index (χ4v) is 7.25. The maximum absolute atomic E-state index is 2.78. The summed E-state index contributed by atoms with van der Waals surface area (Å²) in [6, 6.07) is 14.4. The van der Waals surface area contributed by atoms with Crippen LogP contribution in [0.3, 0.4) is 0 Å². The van der Waals surface area contributed by atoms with E-state index in [0.717, 1.165) is 0 Å². The molecule has 243 valence electrons. The van der Waals surface area contributed by atoms with Crippen molar-refractivity contribution in [1.29, 1.82) is 0 Å². The van der Waals surface area contributed by atoms with E-state index in [4.69, 9.17) is 0 Å². The van der Waals surface area contributed by atoms with Crippen molar-refractivity contribution in [3.05, 3.63) is 76.2 Å². The molecule has 2 unspecified atom stereocenters. The summed E-state index contributed by atoms with van der Waals surface area (Å²) in [6.45, 7) is 13.7. The molecular weight excluding hydrogens is 516 g/mol. The van der Waals surface area contributed by atoms with Gasteiger partial charge in [0.1, 0.15) is 0 Å². The lowest BCUT2D eigenvalue weighted by atomic mass is 9.79. The first-order chi connectivity index (χ1) is 20.9. The van der Waals surface area contributed by atoms with E-state index in [2.05, 4.69) is 84.4 Å². The first kappa shape index (κ1) is 37.6. The second-order valence-corrected chi connectivity index (χ2v) is 14.3. The molecule has 43 heavy (non-hydrogen) atoms. The van der Waals surface area contributed by atoms with Gasteiger partial charge in [-0.1, -0.05) is 194 Å². The highest BCUT2D eigenvalue weighted by atomic mass is 14.2. The van der Waals surface area contributed by atoms with Gasteiger partial charge in [-0.2, -0.15) is 0 Å². The third-order valence-electron chi connectivity index (χ3n) is 9.50. The molecule has 0 fully saturated rings. The molecule has 0 spiro atoms. The number of unbranched alkanes of at least 4 members (excludes halogenated alkanes) is 17. The van der Waals surface area contributed by atoms with Gasteiger partial charge < -0.3 is 0 Å². The third-order valence-corrected chi connectivity index (χ3v) is 9.50. The summed E-state index contributed by atoms with van der Waals surface area (Å²) in [5.74, 6) is 1.22. The van der Waals surface area contributed by atoms with Crippen LogP contribution < -0.4 is 0 Å². The predicted molar refractivity (Wildman–Crippen MR) is 194 cm³/mol. The van der Waals surface area contributed by atoms with Gasteiger partial charge in [0, 0.05) is 0 Å². The van der Waals surface area contributed by atoms with Crippen molar-refractivity contribution in [2.24, 2.45) is 5.92 Å². The molecule has 2 atom stereocenters. The predicted octanol–water partition coefficient (Wildman–Crippen LogP) is 14.3. The zero-order chi connectivity index (χ0) is 31.1. The SMILES string of the molecule is CCCCCCCCCCCCCCCCCCC([CH]C(CCCCC)Cc1cc(C)cc(C)c1)c1cc(C)cc(C)c1. The smallest absolute Gasteiger partial charge is 0.0128 e. The monoisotopic (exact) mass is 588 g/mol. The van der Waals surface area contributed by atoms with Crippen LogP contribution in [0.15, 0.2) is 36.4 Å². The molecule has 0 heterocycles. The Morgan fingerprint density at radius 1 is 0.442 bits per heavy atom. The Labute approximate surface area is 270 Å². The highest BCUT2D eigenvalue weighted by molar-refractivity contribution is 5.33. The van der Waals surface area contributed by atoms with Gasteiger partial charge in [0.05, 0.1) is 0 Å². The summed E-state index contributed by atoms with van der Waals surface area (Å²) in [7, 11) is 0. The molecule has 2 aromatic rings. The van der Waals surface area contributed by atoms with Crippen molar-refractivity contribution in [2.45, 2.75) is 189 Å². The van der Waals surface area contributed by atoms with E-state index in [1.54, 1.807) is 5.56 Å². The third kappa shape index (κ3) is 18.1. The summed E-state index contributed by atoms with van der Waals surface area (Å²) < 4.78 is 0. The van der Waals surface area contributed by atoms with E-state index < -0.39 is 0 Å². The molecule has 0 saturated heterocycles. The van der Waals surface area contributed by atoms with Crippen molar-refractivity contribution >= 4 is 0 Å². The van der Waals surface area contributed by atoms with Gasteiger partial charge in [0.2, 0.25) is 0 Å². The van der Waals surface area contributed by atoms with Crippen LogP contribution in [-0.4, -0.2) is 0 Å². The molecule has 0 aliphatic heterocycles. The standard InChI is InChI=1S/C43H71/c1-7-9-11-12-13-14-15-16-17-18-19-20-21-22-23-25-27-42(43-32-38(5)29-39(6)33-43)35-40(26-24-10-8-2)34-41-30-36(3)28-37(4)31-41/h28-33,35,40,42H,7-27,34H2,1-6H3. The van der Waals surface area contributed by atoms with Crippen LogP contribution in [0.25, 0.3) is 0 Å². The van der Waals surface area contributed by atoms with Crippen LogP contribution >= 0.6 is 0 Å². The molecule has 0 aliphatic carbocycles. The Bertz CT molecular complexity index is 912. The molecule has 1 radical (unpaired) electrons. The van der Waals surface area contributed by atoms with Crippen molar-refractivity contribution < 1.29 is 0 Å². The Hall–Kier alpha value is -1.56. The van der Waals surface area contributed by atoms with Gasteiger partial charge in [-0.15, -0.1) is 0 Å². The molecule has 2 aromatic carbocycles. The molecule has 0 aromatic heterocycles. The molecule has 0 saturated carbocycles. The zero-order valence-electron chi connectivity index (χ0n) is 29.8. The Morgan fingerprint density at radius 2 is 0.814 bits per heavy atom. The van der Waals surface area contributed by atoms with Gasteiger partial charge in [0.15, 0.2) is 0 Å². The molecule has 0 heteroatoms. The van der Waals surface area contributed by atoms with Crippen LogP contribution in [0.4, 0.5) is 0 Å². The van der Waals surface area contributed by atoms with Gasteiger partial charge in [-0.3, -0.25) is 0 Å². The highest BCUT2D eigenvalue weighted by Gasteiger charge is 2.20. The van der Waals surface area contributed by atoms with Crippen LogP contribution in [0.5, 0.6) is 0 Å². The highest BCUT2D eigenvalue weighted by Crippen LogP contribution is 2.34. The minimum absolute atomic E-state index is 0.572. The number of aryl methyl sites for hydroxylation is 4. The van der Waals surface area contributed by atoms with Gasteiger partial charge in [0.25, 0.3) is 0 Å². The summed E-state index contributed by atoms with van der Waals surface area (Å²) in [6.07, 6.45) is 33.6. The van der Waals surface area contributed by atoms with Crippen LogP contribution in [0.1, 0.15) is 188 Å². The summed E-state index contributed by atoms with van der Waals surface area (Å²) >= 11 is 0. The zero-order valence-corrected chi connectivity index (χ0v) is 29.8. The van der Waals surface area contributed by atoms with Crippen LogP contribution in [-0.2, 0) is 6.42 Å². The average molecular weight is 588 g/mol. The number of rotatable bonds is 26. The summed E-state index contributed by atoms with van der Waals surface area (Å²) in [5, 5.41) is 0. The molecule has 0 bridgehead atoms.